The third kappa shape index (κ3) is 6.77. The van der Waals surface area contributed by atoms with E-state index in [-0.39, 0.29) is 18.4 Å². The van der Waals surface area contributed by atoms with Crippen LogP contribution in [0.25, 0.3) is 0 Å². The van der Waals surface area contributed by atoms with Crippen LogP contribution in [0.4, 0.5) is 0 Å². The number of carbonyl (C=O) groups excluding carboxylic acids is 3. The first-order valence-corrected chi connectivity index (χ1v) is 6.27. The van der Waals surface area contributed by atoms with Crippen molar-refractivity contribution < 1.29 is 19.1 Å². The van der Waals surface area contributed by atoms with Crippen LogP contribution in [0.3, 0.4) is 0 Å². The van der Waals surface area contributed by atoms with Crippen LogP contribution in [-0.4, -0.2) is 22.6 Å². The molecule has 0 fully saturated rings. The molecule has 2 atom stereocenters. The highest BCUT2D eigenvalue weighted by Crippen LogP contribution is 2.20. The van der Waals surface area contributed by atoms with Crippen molar-refractivity contribution in [2.45, 2.75) is 39.2 Å². The molecule has 0 aliphatic heterocycles. The Morgan fingerprint density at radius 1 is 1.28 bits per heavy atom. The molecule has 0 N–H and O–H groups in total. The number of hydrogen-bond acceptors (Lipinski definition) is 4. The van der Waals surface area contributed by atoms with Gasteiger partial charge in [-0.1, -0.05) is 13.5 Å². The summed E-state index contributed by atoms with van der Waals surface area (Å²) in [6.07, 6.45) is 0.0372. The molecule has 0 aromatic rings. The number of carbonyl (C=O) groups is 3. The quantitative estimate of drug-likeness (QED) is 0.392. The molecule has 0 aromatic carbocycles. The maximum atomic E-state index is 11.4. The van der Waals surface area contributed by atoms with Crippen LogP contribution >= 0.6 is 23.2 Å². The van der Waals surface area contributed by atoms with Gasteiger partial charge in [-0.15, -0.1) is 0 Å². The summed E-state index contributed by atoms with van der Waals surface area (Å²) in [5.74, 6) is -1.26. The van der Waals surface area contributed by atoms with Gasteiger partial charge in [0, 0.05) is 17.9 Å². The summed E-state index contributed by atoms with van der Waals surface area (Å²) in [4.78, 5) is 33.3. The van der Waals surface area contributed by atoms with Gasteiger partial charge in [0.05, 0.1) is 0 Å². The topological polar surface area (TPSA) is 60.4 Å². The molecule has 0 radical (unpaired) electrons. The van der Waals surface area contributed by atoms with Crippen molar-refractivity contribution in [2.75, 3.05) is 0 Å². The van der Waals surface area contributed by atoms with E-state index in [1.165, 1.54) is 6.92 Å². The minimum absolute atomic E-state index is 0.162. The number of halogens is 2. The molecule has 0 amide bonds. The molecule has 2 unspecified atom stereocenters. The van der Waals surface area contributed by atoms with Gasteiger partial charge in [-0.2, -0.15) is 0 Å². The molecule has 0 aliphatic carbocycles. The Bertz CT molecular complexity index is 352. The van der Waals surface area contributed by atoms with E-state index in [1.54, 1.807) is 6.92 Å². The molecule has 0 saturated heterocycles. The number of esters is 1. The van der Waals surface area contributed by atoms with Crippen LogP contribution in [0.5, 0.6) is 0 Å². The van der Waals surface area contributed by atoms with Gasteiger partial charge in [-0.3, -0.25) is 9.59 Å². The van der Waals surface area contributed by atoms with Gasteiger partial charge in [0.15, 0.2) is 0 Å². The highest BCUT2D eigenvalue weighted by atomic mass is 35.5. The van der Waals surface area contributed by atoms with Crippen LogP contribution < -0.4 is 0 Å². The van der Waals surface area contributed by atoms with E-state index in [9.17, 15) is 14.4 Å². The molecule has 0 aromatic heterocycles. The summed E-state index contributed by atoms with van der Waals surface area (Å²) in [6.45, 7) is 6.79. The molecular formula is C12H16Cl2O4. The lowest BCUT2D eigenvalue weighted by Crippen LogP contribution is -2.24. The molecule has 0 heterocycles. The number of rotatable bonds is 8. The van der Waals surface area contributed by atoms with Gasteiger partial charge in [0.2, 0.25) is 10.5 Å². The van der Waals surface area contributed by atoms with Gasteiger partial charge in [-0.25, -0.2) is 4.79 Å². The van der Waals surface area contributed by atoms with E-state index < -0.39 is 28.5 Å². The fourth-order valence-corrected chi connectivity index (χ4v) is 1.67. The Balaban J connectivity index is 4.56. The molecule has 102 valence electrons. The Labute approximate surface area is 116 Å². The average molecular weight is 295 g/mol. The lowest BCUT2D eigenvalue weighted by atomic mass is 9.98. The summed E-state index contributed by atoms with van der Waals surface area (Å²) in [6, 6.07) is 0. The summed E-state index contributed by atoms with van der Waals surface area (Å²) in [7, 11) is 0. The maximum absolute atomic E-state index is 11.4. The van der Waals surface area contributed by atoms with Crippen molar-refractivity contribution in [1.29, 1.82) is 0 Å². The van der Waals surface area contributed by atoms with Crippen molar-refractivity contribution in [3.05, 3.63) is 12.2 Å². The van der Waals surface area contributed by atoms with E-state index in [2.05, 4.69) is 6.58 Å². The standard InChI is InChI=1S/C12H16Cl2O4/c1-4-9(18-12(17)7(2)3)5-8(11(14)16)6-10(13)15/h8-9H,2,4-6H2,1,3H3. The zero-order valence-electron chi connectivity index (χ0n) is 10.4. The van der Waals surface area contributed by atoms with E-state index >= 15 is 0 Å². The molecular weight excluding hydrogens is 279 g/mol. The van der Waals surface area contributed by atoms with Gasteiger partial charge in [0.25, 0.3) is 0 Å². The van der Waals surface area contributed by atoms with Crippen molar-refractivity contribution in [1.82, 2.24) is 0 Å². The van der Waals surface area contributed by atoms with E-state index in [4.69, 9.17) is 27.9 Å². The Kier molecular flexibility index (Phi) is 7.87. The zero-order chi connectivity index (χ0) is 14.3. The molecule has 18 heavy (non-hydrogen) atoms. The third-order valence-corrected chi connectivity index (χ3v) is 2.82. The first-order valence-electron chi connectivity index (χ1n) is 5.52. The van der Waals surface area contributed by atoms with Crippen LogP contribution in [0.15, 0.2) is 12.2 Å². The lowest BCUT2D eigenvalue weighted by Gasteiger charge is -2.19. The van der Waals surface area contributed by atoms with Crippen molar-refractivity contribution in [2.24, 2.45) is 5.92 Å². The van der Waals surface area contributed by atoms with Crippen LogP contribution in [-0.2, 0) is 19.1 Å². The van der Waals surface area contributed by atoms with Crippen LogP contribution in [0.1, 0.15) is 33.1 Å². The summed E-state index contributed by atoms with van der Waals surface area (Å²) in [5.41, 5.74) is 0.274. The maximum Gasteiger partial charge on any atom is 0.333 e. The Morgan fingerprint density at radius 2 is 1.83 bits per heavy atom. The van der Waals surface area contributed by atoms with Gasteiger partial charge in [-0.05, 0) is 43.0 Å². The predicted molar refractivity (Wildman–Crippen MR) is 69.4 cm³/mol. The minimum Gasteiger partial charge on any atom is -0.459 e. The molecule has 4 nitrogen and oxygen atoms in total. The first kappa shape index (κ1) is 17.1. The molecule has 0 aliphatic rings. The Hall–Kier alpha value is -0.870. The van der Waals surface area contributed by atoms with E-state index in [1.807, 2.05) is 0 Å². The van der Waals surface area contributed by atoms with Gasteiger partial charge < -0.3 is 4.74 Å². The molecule has 6 heteroatoms. The third-order valence-electron chi connectivity index (χ3n) is 2.35. The molecule has 0 spiro atoms. The smallest absolute Gasteiger partial charge is 0.333 e. The molecule has 0 saturated carbocycles. The minimum atomic E-state index is -0.737. The fourth-order valence-electron chi connectivity index (χ4n) is 1.32. The SMILES string of the molecule is C=C(C)C(=O)OC(CC)CC(CC(=O)Cl)C(=O)Cl. The number of hydrogen-bond donors (Lipinski definition) is 0. The van der Waals surface area contributed by atoms with Gasteiger partial charge in [0.1, 0.15) is 6.10 Å². The molecule has 0 rings (SSSR count). The van der Waals surface area contributed by atoms with Crippen molar-refractivity contribution in [3.63, 3.8) is 0 Å². The summed E-state index contributed by atoms with van der Waals surface area (Å²) >= 11 is 10.6. The van der Waals surface area contributed by atoms with Crippen LogP contribution in [0, 0.1) is 5.92 Å². The predicted octanol–water partition coefficient (Wildman–Crippen LogP) is 2.81. The summed E-state index contributed by atoms with van der Waals surface area (Å²) in [5, 5.41) is -1.30. The zero-order valence-corrected chi connectivity index (χ0v) is 11.9. The first-order chi connectivity index (χ1) is 8.27. The van der Waals surface area contributed by atoms with Crippen LogP contribution in [0.2, 0.25) is 0 Å². The average Bonchev–Trinajstić information content (AvgIpc) is 2.25. The normalized spacial score (nSPS) is 13.6. The van der Waals surface area contributed by atoms with E-state index in [0.717, 1.165) is 0 Å². The monoisotopic (exact) mass is 294 g/mol. The second-order valence-corrected chi connectivity index (χ2v) is 4.81. The fraction of sp³-hybridized carbons (Fsp3) is 0.583. The number of ether oxygens (including phenoxy) is 1. The largest absolute Gasteiger partial charge is 0.459 e. The van der Waals surface area contributed by atoms with E-state index in [0.29, 0.717) is 6.42 Å². The van der Waals surface area contributed by atoms with Crippen molar-refractivity contribution in [3.8, 4) is 0 Å². The highest BCUT2D eigenvalue weighted by Gasteiger charge is 2.25. The lowest BCUT2D eigenvalue weighted by molar-refractivity contribution is -0.145. The highest BCUT2D eigenvalue weighted by molar-refractivity contribution is 6.66. The van der Waals surface area contributed by atoms with Gasteiger partial charge >= 0.3 is 5.97 Å². The molecule has 0 bridgehead atoms. The second-order valence-electron chi connectivity index (χ2n) is 4.01. The van der Waals surface area contributed by atoms with Crippen molar-refractivity contribution >= 4 is 39.7 Å². The Morgan fingerprint density at radius 3 is 2.17 bits per heavy atom. The second kappa shape index (κ2) is 8.27. The summed E-state index contributed by atoms with van der Waals surface area (Å²) < 4.78 is 5.12.